The van der Waals surface area contributed by atoms with Crippen molar-refractivity contribution < 1.29 is 9.53 Å². The molecule has 1 aromatic rings. The number of carbonyl (C=O) groups excluding carboxylic acids is 1. The van der Waals surface area contributed by atoms with Crippen LogP contribution in [0.15, 0.2) is 0 Å². The van der Waals surface area contributed by atoms with Gasteiger partial charge in [0.2, 0.25) is 0 Å². The Labute approximate surface area is 154 Å². The van der Waals surface area contributed by atoms with Crippen LogP contribution in [0, 0.1) is 5.41 Å². The molecule has 2 rings (SSSR count). The van der Waals surface area contributed by atoms with E-state index in [2.05, 4.69) is 38.3 Å². The molecule has 1 aliphatic carbocycles. The van der Waals surface area contributed by atoms with E-state index in [0.29, 0.717) is 17.3 Å². The lowest BCUT2D eigenvalue weighted by atomic mass is 9.88. The fourth-order valence-corrected chi connectivity index (χ4v) is 4.25. The van der Waals surface area contributed by atoms with Crippen LogP contribution in [0.5, 0.6) is 0 Å². The molecule has 0 saturated heterocycles. The summed E-state index contributed by atoms with van der Waals surface area (Å²) in [7, 11) is 0. The van der Waals surface area contributed by atoms with Gasteiger partial charge in [-0.2, -0.15) is 0 Å². The fourth-order valence-electron chi connectivity index (χ4n) is 2.63. The highest BCUT2D eigenvalue weighted by Gasteiger charge is 2.27. The third-order valence-corrected chi connectivity index (χ3v) is 5.95. The van der Waals surface area contributed by atoms with E-state index in [9.17, 15) is 4.79 Å². The van der Waals surface area contributed by atoms with Crippen molar-refractivity contribution in [1.29, 1.82) is 0 Å². The molecule has 1 atom stereocenters. The molecule has 1 heterocycles. The Morgan fingerprint density at radius 2 is 2.00 bits per heavy atom. The highest BCUT2D eigenvalue weighted by atomic mass is 32.1. The number of rotatable bonds is 4. The van der Waals surface area contributed by atoms with Crippen LogP contribution in [0.3, 0.4) is 0 Å². The van der Waals surface area contributed by atoms with Crippen molar-refractivity contribution in [3.63, 3.8) is 0 Å². The second-order valence-corrected chi connectivity index (χ2v) is 8.84. The predicted octanol–water partition coefficient (Wildman–Crippen LogP) is 4.52. The second-order valence-electron chi connectivity index (χ2n) is 7.32. The molecule has 0 aliphatic heterocycles. The number of ether oxygens (including phenoxy) is 1. The number of thiophene rings is 1. The van der Waals surface area contributed by atoms with E-state index < -0.39 is 0 Å². The van der Waals surface area contributed by atoms with Gasteiger partial charge in [0.15, 0.2) is 5.11 Å². The van der Waals surface area contributed by atoms with Crippen molar-refractivity contribution >= 4 is 39.6 Å². The molecule has 2 N–H and O–H groups in total. The van der Waals surface area contributed by atoms with Gasteiger partial charge in [0.05, 0.1) is 12.2 Å². The minimum absolute atomic E-state index is 0.102. The van der Waals surface area contributed by atoms with Crippen molar-refractivity contribution in [1.82, 2.24) is 5.32 Å². The standard InChI is InChI=1S/C18H28N2O2S2/c1-6-22-16(21)14-12-9-7-8-10-13(12)24-15(14)20-17(23)19-11(2)18(3,4)5/h11H,6-10H2,1-5H3,(H2,19,20,23). The zero-order valence-corrected chi connectivity index (χ0v) is 16.9. The summed E-state index contributed by atoms with van der Waals surface area (Å²) in [6, 6.07) is 0.220. The SMILES string of the molecule is CCOC(=O)c1c(NC(=S)NC(C)C(C)(C)C)sc2c1CCCC2. The number of hydrogen-bond donors (Lipinski definition) is 2. The van der Waals surface area contributed by atoms with Gasteiger partial charge in [0.1, 0.15) is 5.00 Å². The van der Waals surface area contributed by atoms with Gasteiger partial charge < -0.3 is 15.4 Å². The molecule has 0 spiro atoms. The van der Waals surface area contributed by atoms with E-state index in [4.69, 9.17) is 17.0 Å². The van der Waals surface area contributed by atoms with Crippen LogP contribution in [0.1, 0.15) is 68.3 Å². The van der Waals surface area contributed by atoms with E-state index in [0.717, 1.165) is 29.8 Å². The molecule has 4 nitrogen and oxygen atoms in total. The van der Waals surface area contributed by atoms with Gasteiger partial charge in [-0.15, -0.1) is 11.3 Å². The number of anilines is 1. The highest BCUT2D eigenvalue weighted by molar-refractivity contribution is 7.80. The van der Waals surface area contributed by atoms with E-state index >= 15 is 0 Å². The summed E-state index contributed by atoms with van der Waals surface area (Å²) in [5, 5.41) is 7.95. The molecule has 6 heteroatoms. The maximum Gasteiger partial charge on any atom is 0.341 e. The molecule has 1 unspecified atom stereocenters. The first-order chi connectivity index (χ1) is 11.2. The molecule has 134 valence electrons. The largest absolute Gasteiger partial charge is 0.462 e. The highest BCUT2D eigenvalue weighted by Crippen LogP contribution is 2.38. The lowest BCUT2D eigenvalue weighted by molar-refractivity contribution is 0.0526. The van der Waals surface area contributed by atoms with Gasteiger partial charge in [-0.3, -0.25) is 0 Å². The molecular formula is C18H28N2O2S2. The van der Waals surface area contributed by atoms with Crippen molar-refractivity contribution in [2.24, 2.45) is 5.41 Å². The summed E-state index contributed by atoms with van der Waals surface area (Å²) in [4.78, 5) is 13.7. The summed E-state index contributed by atoms with van der Waals surface area (Å²) in [6.45, 7) is 10.8. The third-order valence-electron chi connectivity index (χ3n) is 4.52. The lowest BCUT2D eigenvalue weighted by Crippen LogP contribution is -2.43. The fraction of sp³-hybridized carbons (Fsp3) is 0.667. The first-order valence-electron chi connectivity index (χ1n) is 8.63. The van der Waals surface area contributed by atoms with Crippen LogP contribution in [-0.2, 0) is 17.6 Å². The maximum atomic E-state index is 12.4. The van der Waals surface area contributed by atoms with Gasteiger partial charge in [-0.05, 0) is 62.7 Å². The summed E-state index contributed by atoms with van der Waals surface area (Å²) in [6.07, 6.45) is 4.28. The minimum atomic E-state index is -0.244. The zero-order chi connectivity index (χ0) is 17.9. The zero-order valence-electron chi connectivity index (χ0n) is 15.2. The van der Waals surface area contributed by atoms with E-state index in [-0.39, 0.29) is 17.4 Å². The van der Waals surface area contributed by atoms with Gasteiger partial charge in [-0.25, -0.2) is 4.79 Å². The lowest BCUT2D eigenvalue weighted by Gasteiger charge is -2.29. The van der Waals surface area contributed by atoms with Crippen LogP contribution < -0.4 is 10.6 Å². The van der Waals surface area contributed by atoms with Crippen LogP contribution in [0.4, 0.5) is 5.00 Å². The Morgan fingerprint density at radius 1 is 1.33 bits per heavy atom. The Kier molecular flexibility index (Phi) is 6.26. The first-order valence-corrected chi connectivity index (χ1v) is 9.85. The average Bonchev–Trinajstić information content (AvgIpc) is 2.83. The Hall–Kier alpha value is -1.14. The van der Waals surface area contributed by atoms with Crippen molar-refractivity contribution in [2.75, 3.05) is 11.9 Å². The number of hydrogen-bond acceptors (Lipinski definition) is 4. The van der Waals surface area contributed by atoms with Crippen LogP contribution >= 0.6 is 23.6 Å². The summed E-state index contributed by atoms with van der Waals surface area (Å²) < 4.78 is 5.27. The molecule has 0 fully saturated rings. The predicted molar refractivity (Wildman–Crippen MR) is 105 cm³/mol. The monoisotopic (exact) mass is 368 g/mol. The van der Waals surface area contributed by atoms with E-state index in [1.54, 1.807) is 11.3 Å². The molecule has 0 radical (unpaired) electrons. The summed E-state index contributed by atoms with van der Waals surface area (Å²) in [5.74, 6) is -0.244. The Morgan fingerprint density at radius 3 is 2.62 bits per heavy atom. The summed E-state index contributed by atoms with van der Waals surface area (Å²) >= 11 is 7.10. The topological polar surface area (TPSA) is 50.4 Å². The molecule has 1 aromatic heterocycles. The van der Waals surface area contributed by atoms with E-state index in [1.807, 2.05) is 6.92 Å². The van der Waals surface area contributed by atoms with Crippen LogP contribution in [0.2, 0.25) is 0 Å². The number of thiocarbonyl (C=S) groups is 1. The van der Waals surface area contributed by atoms with Crippen LogP contribution in [0.25, 0.3) is 0 Å². The minimum Gasteiger partial charge on any atom is -0.462 e. The number of nitrogens with one attached hydrogen (secondary N) is 2. The van der Waals surface area contributed by atoms with Crippen molar-refractivity contribution in [2.45, 2.75) is 66.3 Å². The van der Waals surface area contributed by atoms with Gasteiger partial charge in [0, 0.05) is 10.9 Å². The van der Waals surface area contributed by atoms with Gasteiger partial charge >= 0.3 is 5.97 Å². The molecule has 0 amide bonds. The maximum absolute atomic E-state index is 12.4. The van der Waals surface area contributed by atoms with Crippen molar-refractivity contribution in [3.8, 4) is 0 Å². The molecule has 0 aromatic carbocycles. The molecular weight excluding hydrogens is 340 g/mol. The Bertz CT molecular complexity index is 617. The normalized spacial score (nSPS) is 15.4. The number of esters is 1. The number of fused-ring (bicyclic) bond motifs is 1. The first kappa shape index (κ1) is 19.2. The average molecular weight is 369 g/mol. The smallest absolute Gasteiger partial charge is 0.341 e. The molecule has 0 saturated carbocycles. The number of carbonyl (C=O) groups is 1. The molecule has 1 aliphatic rings. The second kappa shape index (κ2) is 7.83. The quantitative estimate of drug-likeness (QED) is 0.604. The molecule has 24 heavy (non-hydrogen) atoms. The van der Waals surface area contributed by atoms with Gasteiger partial charge in [0.25, 0.3) is 0 Å². The van der Waals surface area contributed by atoms with Gasteiger partial charge in [-0.1, -0.05) is 20.8 Å². The van der Waals surface area contributed by atoms with Crippen molar-refractivity contribution in [3.05, 3.63) is 16.0 Å². The number of aryl methyl sites for hydroxylation is 1. The van der Waals surface area contributed by atoms with Crippen LogP contribution in [-0.4, -0.2) is 23.7 Å². The summed E-state index contributed by atoms with van der Waals surface area (Å²) in [5.41, 5.74) is 1.94. The van der Waals surface area contributed by atoms with E-state index in [1.165, 1.54) is 11.3 Å². The Balaban J connectivity index is 2.21. The molecule has 0 bridgehead atoms. The third kappa shape index (κ3) is 4.48.